The van der Waals surface area contributed by atoms with Gasteiger partial charge < -0.3 is 14.6 Å². The summed E-state index contributed by atoms with van der Waals surface area (Å²) in [5.74, 6) is -0.594. The molecule has 7 heteroatoms. The average molecular weight is 391 g/mol. The molecule has 0 spiro atoms. The molecule has 3 heterocycles. The maximum Gasteiger partial charge on any atom is 0.339 e. The third kappa shape index (κ3) is 3.03. The number of cyclic esters (lactones) is 1. The Morgan fingerprint density at radius 1 is 1.00 bits per heavy atom. The van der Waals surface area contributed by atoms with Gasteiger partial charge in [-0.1, -0.05) is 30.3 Å². The van der Waals surface area contributed by atoms with Gasteiger partial charge in [0.15, 0.2) is 6.10 Å². The number of benzene rings is 2. The van der Waals surface area contributed by atoms with Crippen LogP contribution in [0.15, 0.2) is 53.3 Å². The number of nitrogens with zero attached hydrogens (tertiary/aromatic N) is 2. The zero-order chi connectivity index (χ0) is 20.0. The molecule has 1 atom stereocenters. The molecule has 7 nitrogen and oxygen atoms in total. The van der Waals surface area contributed by atoms with E-state index in [4.69, 9.17) is 4.74 Å². The lowest BCUT2D eigenvalue weighted by Gasteiger charge is -2.35. The Labute approximate surface area is 166 Å². The van der Waals surface area contributed by atoms with Crippen LogP contribution in [0.3, 0.4) is 0 Å². The molecule has 1 fully saturated rings. The molecule has 1 aromatic heterocycles. The van der Waals surface area contributed by atoms with Crippen molar-refractivity contribution in [2.45, 2.75) is 31.4 Å². The number of nitrogens with one attached hydrogen (secondary N) is 1. The van der Waals surface area contributed by atoms with Crippen LogP contribution in [0.4, 0.5) is 0 Å². The maximum atomic E-state index is 13.0. The van der Waals surface area contributed by atoms with Gasteiger partial charge in [-0.2, -0.15) is 0 Å². The second kappa shape index (κ2) is 6.92. The van der Waals surface area contributed by atoms with Crippen molar-refractivity contribution in [3.63, 3.8) is 0 Å². The fraction of sp³-hybridized carbons (Fsp3) is 0.318. The molecule has 2 aromatic carbocycles. The minimum Gasteiger partial charge on any atom is -0.448 e. The zero-order valence-corrected chi connectivity index (χ0v) is 15.8. The minimum atomic E-state index is -0.773. The normalized spacial score (nSPS) is 19.8. The number of likely N-dealkylation sites (tertiary alicyclic amines) is 1. The van der Waals surface area contributed by atoms with Gasteiger partial charge >= 0.3 is 11.7 Å². The van der Waals surface area contributed by atoms with Crippen molar-refractivity contribution in [1.29, 1.82) is 0 Å². The fourth-order valence-corrected chi connectivity index (χ4v) is 4.45. The molecule has 29 heavy (non-hydrogen) atoms. The van der Waals surface area contributed by atoms with E-state index in [1.165, 1.54) is 0 Å². The number of carbonyl (C=O) groups excluding carboxylic acids is 2. The van der Waals surface area contributed by atoms with E-state index in [9.17, 15) is 14.4 Å². The van der Waals surface area contributed by atoms with Crippen molar-refractivity contribution in [3.05, 3.63) is 70.1 Å². The topological polar surface area (TPSA) is 84.4 Å². The predicted molar refractivity (Wildman–Crippen MR) is 107 cm³/mol. The average Bonchev–Trinajstić information content (AvgIpc) is 3.09. The van der Waals surface area contributed by atoms with Crippen LogP contribution in [0, 0.1) is 0 Å². The number of hydrogen-bond donors (Lipinski definition) is 1. The maximum absolute atomic E-state index is 13.0. The second-order valence-corrected chi connectivity index (χ2v) is 7.63. The molecule has 1 amide bonds. The second-order valence-electron chi connectivity index (χ2n) is 7.63. The first-order valence-corrected chi connectivity index (χ1v) is 9.89. The lowest BCUT2D eigenvalue weighted by Crippen LogP contribution is -2.48. The first-order chi connectivity index (χ1) is 14.1. The van der Waals surface area contributed by atoms with Gasteiger partial charge in [0.1, 0.15) is 0 Å². The highest BCUT2D eigenvalue weighted by molar-refractivity contribution is 5.95. The Balaban J connectivity index is 1.30. The molecule has 5 rings (SSSR count). The van der Waals surface area contributed by atoms with Gasteiger partial charge in [0.25, 0.3) is 5.91 Å². The molecule has 1 N–H and O–H groups in total. The van der Waals surface area contributed by atoms with E-state index >= 15 is 0 Å². The van der Waals surface area contributed by atoms with Crippen molar-refractivity contribution in [3.8, 4) is 0 Å². The quantitative estimate of drug-likeness (QED) is 0.679. The summed E-state index contributed by atoms with van der Waals surface area (Å²) in [6, 6.07) is 14.9. The van der Waals surface area contributed by atoms with Crippen molar-refractivity contribution in [2.75, 3.05) is 13.1 Å². The summed E-state index contributed by atoms with van der Waals surface area (Å²) in [4.78, 5) is 42.2. The Morgan fingerprint density at radius 3 is 2.55 bits per heavy atom. The van der Waals surface area contributed by atoms with Crippen molar-refractivity contribution in [1.82, 2.24) is 14.5 Å². The zero-order valence-electron chi connectivity index (χ0n) is 15.8. The molecule has 1 unspecified atom stereocenters. The standard InChI is InChI=1S/C22H21N3O4/c26-20(19-13-14-5-1-2-6-16(14)21(27)29-19)24-11-9-15(10-12-24)25-18-8-4-3-7-17(18)23-22(25)28/h1-8,15,19H,9-13H2,(H,23,28). The Bertz CT molecular complexity index is 1150. The van der Waals surface area contributed by atoms with Crippen LogP contribution in [-0.4, -0.2) is 45.5 Å². The van der Waals surface area contributed by atoms with Crippen molar-refractivity contribution < 1.29 is 14.3 Å². The first-order valence-electron chi connectivity index (χ1n) is 9.89. The van der Waals surface area contributed by atoms with Crippen LogP contribution >= 0.6 is 0 Å². The third-order valence-corrected chi connectivity index (χ3v) is 5.93. The van der Waals surface area contributed by atoms with Crippen LogP contribution in [0.5, 0.6) is 0 Å². The van der Waals surface area contributed by atoms with Gasteiger partial charge in [-0.15, -0.1) is 0 Å². The Morgan fingerprint density at radius 2 is 1.72 bits per heavy atom. The molecule has 0 aliphatic carbocycles. The molecular formula is C22H21N3O4. The summed E-state index contributed by atoms with van der Waals surface area (Å²) in [5, 5.41) is 0. The van der Waals surface area contributed by atoms with E-state index in [-0.39, 0.29) is 17.6 Å². The van der Waals surface area contributed by atoms with E-state index in [0.29, 0.717) is 37.9 Å². The van der Waals surface area contributed by atoms with E-state index in [1.807, 2.05) is 36.4 Å². The monoisotopic (exact) mass is 391 g/mol. The molecule has 148 valence electrons. The molecule has 1 saturated heterocycles. The largest absolute Gasteiger partial charge is 0.448 e. The van der Waals surface area contributed by atoms with Crippen molar-refractivity contribution >= 4 is 22.9 Å². The minimum absolute atomic E-state index is 0.0392. The summed E-state index contributed by atoms with van der Waals surface area (Å²) in [6.45, 7) is 1.07. The van der Waals surface area contributed by atoms with Gasteiger partial charge in [0.2, 0.25) is 0 Å². The number of ether oxygens (including phenoxy) is 1. The summed E-state index contributed by atoms with van der Waals surface area (Å²) in [5.41, 5.74) is 2.98. The van der Waals surface area contributed by atoms with Gasteiger partial charge in [-0.3, -0.25) is 9.36 Å². The first kappa shape index (κ1) is 17.7. The predicted octanol–water partition coefficient (Wildman–Crippen LogP) is 2.27. The molecule has 3 aromatic rings. The number of esters is 1. The number of amides is 1. The van der Waals surface area contributed by atoms with Gasteiger partial charge in [-0.25, -0.2) is 9.59 Å². The lowest BCUT2D eigenvalue weighted by atomic mass is 9.97. The number of aromatic amines is 1. The molecular weight excluding hydrogens is 370 g/mol. The van der Waals surface area contributed by atoms with Crippen LogP contribution in [0.25, 0.3) is 11.0 Å². The summed E-state index contributed by atoms with van der Waals surface area (Å²) < 4.78 is 7.21. The SMILES string of the molecule is O=C1OC(C(=O)N2CCC(n3c(=O)[nH]c4ccccc43)CC2)Cc2ccccc21. The summed E-state index contributed by atoms with van der Waals surface area (Å²) in [6.07, 6.45) is 1.00. The number of piperidine rings is 1. The molecule has 2 aliphatic heterocycles. The molecule has 2 aliphatic rings. The van der Waals surface area contributed by atoms with Crippen molar-refractivity contribution in [2.24, 2.45) is 0 Å². The number of H-pyrrole nitrogens is 1. The third-order valence-electron chi connectivity index (χ3n) is 5.93. The molecule has 0 radical (unpaired) electrons. The number of imidazole rings is 1. The van der Waals surface area contributed by atoms with E-state index < -0.39 is 12.1 Å². The smallest absolute Gasteiger partial charge is 0.339 e. The highest BCUT2D eigenvalue weighted by Crippen LogP contribution is 2.27. The highest BCUT2D eigenvalue weighted by atomic mass is 16.5. The number of carbonyl (C=O) groups is 2. The van der Waals surface area contributed by atoms with Crippen LogP contribution in [-0.2, 0) is 16.0 Å². The van der Waals surface area contributed by atoms with Gasteiger partial charge in [0, 0.05) is 25.6 Å². The van der Waals surface area contributed by atoms with Crippen LogP contribution in [0.1, 0.15) is 34.8 Å². The Kier molecular flexibility index (Phi) is 4.23. The highest BCUT2D eigenvalue weighted by Gasteiger charge is 2.35. The van der Waals surface area contributed by atoms with Crippen LogP contribution in [0.2, 0.25) is 0 Å². The fourth-order valence-electron chi connectivity index (χ4n) is 4.45. The molecule has 0 bridgehead atoms. The summed E-state index contributed by atoms with van der Waals surface area (Å²) in [7, 11) is 0. The van der Waals surface area contributed by atoms with E-state index in [2.05, 4.69) is 4.98 Å². The van der Waals surface area contributed by atoms with Gasteiger partial charge in [0.05, 0.1) is 16.6 Å². The van der Waals surface area contributed by atoms with Gasteiger partial charge in [-0.05, 0) is 36.6 Å². The Hall–Kier alpha value is -3.35. The molecule has 0 saturated carbocycles. The number of para-hydroxylation sites is 2. The van der Waals surface area contributed by atoms with E-state index in [1.54, 1.807) is 21.6 Å². The number of hydrogen-bond acceptors (Lipinski definition) is 4. The number of aromatic nitrogens is 2. The van der Waals surface area contributed by atoms with Crippen LogP contribution < -0.4 is 5.69 Å². The van der Waals surface area contributed by atoms with E-state index in [0.717, 1.165) is 16.6 Å². The summed E-state index contributed by atoms with van der Waals surface area (Å²) >= 11 is 0. The number of fused-ring (bicyclic) bond motifs is 2. The number of rotatable bonds is 2. The lowest BCUT2D eigenvalue weighted by molar-refractivity contribution is -0.142.